The maximum Gasteiger partial charge on any atom is 0.253 e. The molecule has 0 spiro atoms. The molecule has 15 heavy (non-hydrogen) atoms. The van der Waals surface area contributed by atoms with E-state index in [0.717, 1.165) is 11.3 Å². The zero-order valence-electron chi connectivity index (χ0n) is 10.3. The molecule has 0 radical (unpaired) electrons. The molecule has 0 N–H and O–H groups in total. The van der Waals surface area contributed by atoms with Gasteiger partial charge in [-0.05, 0) is 19.9 Å². The van der Waals surface area contributed by atoms with E-state index in [-0.39, 0.29) is 5.56 Å². The number of hydrogen-bond acceptors (Lipinski definition) is 2. The Morgan fingerprint density at radius 3 is 2.40 bits per heavy atom. The second kappa shape index (κ2) is 7.23. The van der Waals surface area contributed by atoms with Crippen LogP contribution in [0.15, 0.2) is 16.9 Å². The molecule has 0 atom stereocenters. The summed E-state index contributed by atoms with van der Waals surface area (Å²) >= 11 is 0. The Morgan fingerprint density at radius 2 is 1.87 bits per heavy atom. The van der Waals surface area contributed by atoms with Gasteiger partial charge in [-0.1, -0.05) is 19.9 Å². The molecule has 3 nitrogen and oxygen atoms in total. The molecule has 0 aliphatic heterocycles. The lowest BCUT2D eigenvalue weighted by atomic mass is 10.2. The van der Waals surface area contributed by atoms with E-state index in [9.17, 15) is 4.79 Å². The lowest BCUT2D eigenvalue weighted by Gasteiger charge is -2.09. The highest BCUT2D eigenvalue weighted by molar-refractivity contribution is 5.13. The van der Waals surface area contributed by atoms with Gasteiger partial charge in [0.05, 0.1) is 6.61 Å². The van der Waals surface area contributed by atoms with Crippen LogP contribution in [0.3, 0.4) is 0 Å². The van der Waals surface area contributed by atoms with Crippen LogP contribution in [0.2, 0.25) is 0 Å². The molecule has 1 aromatic heterocycles. The molecule has 0 fully saturated rings. The van der Waals surface area contributed by atoms with Gasteiger partial charge >= 0.3 is 0 Å². The quantitative estimate of drug-likeness (QED) is 0.767. The fourth-order valence-electron chi connectivity index (χ4n) is 1.24. The molecule has 0 aliphatic carbocycles. The molecule has 0 aromatic carbocycles. The first-order chi connectivity index (χ1) is 7.16. The standard InChI is InChI=1S/C10H15NO2.C2H6/c1-8-4-5-9(2)11(10(8)12)6-7-13-3;1-2/h4-5H,6-7H2,1-3H3;1-2H3. The number of methoxy groups -OCH3 is 1. The molecule has 0 unspecified atom stereocenters. The van der Waals surface area contributed by atoms with E-state index in [4.69, 9.17) is 4.74 Å². The Bertz CT molecular complexity index is 342. The molecule has 1 rings (SSSR count). The summed E-state index contributed by atoms with van der Waals surface area (Å²) < 4.78 is 6.67. The van der Waals surface area contributed by atoms with Crippen LogP contribution < -0.4 is 5.56 Å². The van der Waals surface area contributed by atoms with Crippen LogP contribution in [-0.2, 0) is 11.3 Å². The van der Waals surface area contributed by atoms with Gasteiger partial charge < -0.3 is 9.30 Å². The van der Waals surface area contributed by atoms with Crippen molar-refractivity contribution in [1.29, 1.82) is 0 Å². The topological polar surface area (TPSA) is 31.2 Å². The average Bonchev–Trinajstić information content (AvgIpc) is 2.27. The van der Waals surface area contributed by atoms with Gasteiger partial charge in [0, 0.05) is 24.9 Å². The fourth-order valence-corrected chi connectivity index (χ4v) is 1.24. The van der Waals surface area contributed by atoms with Crippen LogP contribution in [0.5, 0.6) is 0 Å². The van der Waals surface area contributed by atoms with Crippen LogP contribution >= 0.6 is 0 Å². The Morgan fingerprint density at radius 1 is 1.27 bits per heavy atom. The summed E-state index contributed by atoms with van der Waals surface area (Å²) in [7, 11) is 1.64. The second-order valence-corrected chi connectivity index (χ2v) is 3.11. The maximum atomic E-state index is 11.6. The van der Waals surface area contributed by atoms with Crippen molar-refractivity contribution in [3.05, 3.63) is 33.7 Å². The van der Waals surface area contributed by atoms with Gasteiger partial charge in [0.1, 0.15) is 0 Å². The van der Waals surface area contributed by atoms with E-state index >= 15 is 0 Å². The Balaban J connectivity index is 0.000000921. The molecule has 0 amide bonds. The Hall–Kier alpha value is -1.09. The summed E-state index contributed by atoms with van der Waals surface area (Å²) in [6.07, 6.45) is 0. The highest BCUT2D eigenvalue weighted by Crippen LogP contribution is 1.96. The summed E-state index contributed by atoms with van der Waals surface area (Å²) in [5.41, 5.74) is 1.84. The minimum atomic E-state index is 0.0806. The van der Waals surface area contributed by atoms with Gasteiger partial charge in [0.25, 0.3) is 5.56 Å². The summed E-state index contributed by atoms with van der Waals surface area (Å²) in [5.74, 6) is 0. The van der Waals surface area contributed by atoms with Crippen molar-refractivity contribution < 1.29 is 4.74 Å². The van der Waals surface area contributed by atoms with E-state index in [1.807, 2.05) is 39.8 Å². The van der Waals surface area contributed by atoms with Crippen molar-refractivity contribution in [2.75, 3.05) is 13.7 Å². The Kier molecular flexibility index (Phi) is 6.71. The molecule has 0 aliphatic rings. The molecule has 3 heteroatoms. The Labute approximate surface area is 91.7 Å². The molecule has 0 saturated carbocycles. The van der Waals surface area contributed by atoms with Crippen molar-refractivity contribution in [1.82, 2.24) is 4.57 Å². The third-order valence-corrected chi connectivity index (χ3v) is 2.10. The highest BCUT2D eigenvalue weighted by Gasteiger charge is 2.01. The largest absolute Gasteiger partial charge is 0.383 e. The number of aromatic nitrogens is 1. The number of hydrogen-bond donors (Lipinski definition) is 0. The first-order valence-electron chi connectivity index (χ1n) is 5.33. The van der Waals surface area contributed by atoms with Crippen LogP contribution in [0, 0.1) is 13.8 Å². The third kappa shape index (κ3) is 3.88. The number of pyridine rings is 1. The number of aryl methyl sites for hydroxylation is 2. The maximum absolute atomic E-state index is 11.6. The first-order valence-corrected chi connectivity index (χ1v) is 5.33. The van der Waals surface area contributed by atoms with Crippen LogP contribution in [-0.4, -0.2) is 18.3 Å². The monoisotopic (exact) mass is 211 g/mol. The smallest absolute Gasteiger partial charge is 0.253 e. The molecule has 0 saturated heterocycles. The van der Waals surface area contributed by atoms with E-state index < -0.39 is 0 Å². The number of nitrogens with zero attached hydrogens (tertiary/aromatic N) is 1. The summed E-state index contributed by atoms with van der Waals surface area (Å²) in [4.78, 5) is 11.6. The summed E-state index contributed by atoms with van der Waals surface area (Å²) in [5, 5.41) is 0. The van der Waals surface area contributed by atoms with Gasteiger partial charge in [-0.15, -0.1) is 0 Å². The lowest BCUT2D eigenvalue weighted by Crippen LogP contribution is -2.25. The van der Waals surface area contributed by atoms with Crippen molar-refractivity contribution in [2.45, 2.75) is 34.2 Å². The van der Waals surface area contributed by atoms with E-state index in [0.29, 0.717) is 13.2 Å². The second-order valence-electron chi connectivity index (χ2n) is 3.11. The minimum Gasteiger partial charge on any atom is -0.383 e. The van der Waals surface area contributed by atoms with Gasteiger partial charge in [-0.2, -0.15) is 0 Å². The molecule has 1 heterocycles. The zero-order chi connectivity index (χ0) is 11.8. The predicted molar refractivity (Wildman–Crippen MR) is 63.4 cm³/mol. The summed E-state index contributed by atoms with van der Waals surface area (Å²) in [6.45, 7) is 8.95. The van der Waals surface area contributed by atoms with Crippen LogP contribution in [0.4, 0.5) is 0 Å². The molecular weight excluding hydrogens is 190 g/mol. The number of rotatable bonds is 3. The first kappa shape index (κ1) is 13.9. The highest BCUT2D eigenvalue weighted by atomic mass is 16.5. The SMILES string of the molecule is CC.COCCn1c(C)ccc(C)c1=O. The average molecular weight is 211 g/mol. The minimum absolute atomic E-state index is 0.0806. The van der Waals surface area contributed by atoms with Crippen molar-refractivity contribution in [3.63, 3.8) is 0 Å². The van der Waals surface area contributed by atoms with Crippen molar-refractivity contribution in [3.8, 4) is 0 Å². The zero-order valence-corrected chi connectivity index (χ0v) is 10.3. The summed E-state index contributed by atoms with van der Waals surface area (Å²) in [6, 6.07) is 3.80. The molecule has 86 valence electrons. The fraction of sp³-hybridized carbons (Fsp3) is 0.583. The van der Waals surface area contributed by atoms with Gasteiger partial charge in [-0.25, -0.2) is 0 Å². The lowest BCUT2D eigenvalue weighted by molar-refractivity contribution is 0.185. The van der Waals surface area contributed by atoms with Crippen molar-refractivity contribution in [2.24, 2.45) is 0 Å². The van der Waals surface area contributed by atoms with E-state index in [2.05, 4.69) is 0 Å². The van der Waals surface area contributed by atoms with E-state index in [1.165, 1.54) is 0 Å². The van der Waals surface area contributed by atoms with Crippen LogP contribution in [0.25, 0.3) is 0 Å². The predicted octanol–water partition coefficient (Wildman–Crippen LogP) is 2.14. The van der Waals surface area contributed by atoms with Gasteiger partial charge in [0.2, 0.25) is 0 Å². The normalized spacial score (nSPS) is 9.40. The molecule has 1 aromatic rings. The molecular formula is C12H21NO2. The van der Waals surface area contributed by atoms with Gasteiger partial charge in [-0.3, -0.25) is 4.79 Å². The number of ether oxygens (including phenoxy) is 1. The van der Waals surface area contributed by atoms with Gasteiger partial charge in [0.15, 0.2) is 0 Å². The van der Waals surface area contributed by atoms with Crippen LogP contribution in [0.1, 0.15) is 25.1 Å². The third-order valence-electron chi connectivity index (χ3n) is 2.10. The van der Waals surface area contributed by atoms with E-state index in [1.54, 1.807) is 11.7 Å². The molecule has 0 bridgehead atoms. The van der Waals surface area contributed by atoms with Crippen molar-refractivity contribution >= 4 is 0 Å².